The number of anilines is 1. The molecule has 1 amide bonds. The molecule has 0 spiro atoms. The van der Waals surface area contributed by atoms with E-state index in [9.17, 15) is 4.79 Å². The first-order valence-corrected chi connectivity index (χ1v) is 13.4. The van der Waals surface area contributed by atoms with Crippen molar-refractivity contribution < 1.29 is 9.53 Å². The Morgan fingerprint density at radius 3 is 2.46 bits per heavy atom. The predicted octanol–water partition coefficient (Wildman–Crippen LogP) is 4.88. The van der Waals surface area contributed by atoms with E-state index in [1.807, 2.05) is 18.2 Å². The molecule has 0 radical (unpaired) electrons. The number of ether oxygens (including phenoxy) is 1. The van der Waals surface area contributed by atoms with Gasteiger partial charge >= 0.3 is 0 Å². The standard InChI is InChI=1S/C30H37N5O2/c1-22-7-6-10-27(23(22)2)37-29-19-28(31-21-32-29)35-17-11-25(12-18-35)30(36)33-26-13-15-34(16-14-26)20-24-8-4-3-5-9-24/h3-10,19,21,25-26H,11-18,20H2,1-2H3,(H,33,36). The fraction of sp³-hybridized carbons (Fsp3) is 0.433. The second-order valence-electron chi connectivity index (χ2n) is 10.3. The number of nitrogens with zero attached hydrogens (tertiary/aromatic N) is 4. The lowest BCUT2D eigenvalue weighted by atomic mass is 9.94. The van der Waals surface area contributed by atoms with Crippen molar-refractivity contribution in [3.05, 3.63) is 77.6 Å². The van der Waals surface area contributed by atoms with E-state index < -0.39 is 0 Å². The Hall–Kier alpha value is -3.45. The van der Waals surface area contributed by atoms with Crippen molar-refractivity contribution in [2.24, 2.45) is 5.92 Å². The molecule has 37 heavy (non-hydrogen) atoms. The van der Waals surface area contributed by atoms with Crippen LogP contribution in [0.1, 0.15) is 42.4 Å². The minimum absolute atomic E-state index is 0.0612. The number of aromatic nitrogens is 2. The van der Waals surface area contributed by atoms with Crippen molar-refractivity contribution in [1.82, 2.24) is 20.2 Å². The molecule has 3 heterocycles. The zero-order valence-electron chi connectivity index (χ0n) is 21.9. The highest BCUT2D eigenvalue weighted by molar-refractivity contribution is 5.79. The maximum atomic E-state index is 13.0. The van der Waals surface area contributed by atoms with E-state index >= 15 is 0 Å². The van der Waals surface area contributed by atoms with Crippen LogP contribution < -0.4 is 15.0 Å². The first kappa shape index (κ1) is 25.2. The van der Waals surface area contributed by atoms with Crippen LogP contribution in [-0.2, 0) is 11.3 Å². The van der Waals surface area contributed by atoms with Crippen LogP contribution in [-0.4, -0.2) is 53.0 Å². The normalized spacial score (nSPS) is 17.5. The molecule has 0 aliphatic carbocycles. The molecule has 0 saturated carbocycles. The monoisotopic (exact) mass is 499 g/mol. The van der Waals surface area contributed by atoms with Gasteiger partial charge in [-0.2, -0.15) is 0 Å². The second-order valence-corrected chi connectivity index (χ2v) is 10.3. The topological polar surface area (TPSA) is 70.6 Å². The number of benzene rings is 2. The van der Waals surface area contributed by atoms with Crippen LogP contribution in [0.3, 0.4) is 0 Å². The zero-order valence-corrected chi connectivity index (χ0v) is 21.9. The Morgan fingerprint density at radius 1 is 0.946 bits per heavy atom. The highest BCUT2D eigenvalue weighted by Crippen LogP contribution is 2.29. The summed E-state index contributed by atoms with van der Waals surface area (Å²) in [6.45, 7) is 8.76. The number of aryl methyl sites for hydroxylation is 1. The maximum Gasteiger partial charge on any atom is 0.224 e. The number of piperidine rings is 2. The fourth-order valence-electron chi connectivity index (χ4n) is 5.27. The highest BCUT2D eigenvalue weighted by Gasteiger charge is 2.28. The van der Waals surface area contributed by atoms with Crippen LogP contribution in [0.4, 0.5) is 5.82 Å². The van der Waals surface area contributed by atoms with Gasteiger partial charge in [0, 0.05) is 50.7 Å². The molecule has 5 rings (SSSR count). The van der Waals surface area contributed by atoms with E-state index in [2.05, 4.69) is 75.3 Å². The number of hydrogen-bond acceptors (Lipinski definition) is 6. The van der Waals surface area contributed by atoms with Gasteiger partial charge in [-0.15, -0.1) is 0 Å². The van der Waals surface area contributed by atoms with E-state index in [0.717, 1.165) is 75.5 Å². The van der Waals surface area contributed by atoms with Gasteiger partial charge < -0.3 is 15.0 Å². The van der Waals surface area contributed by atoms with E-state index in [1.165, 1.54) is 11.1 Å². The van der Waals surface area contributed by atoms with Gasteiger partial charge in [-0.05, 0) is 62.3 Å². The van der Waals surface area contributed by atoms with Gasteiger partial charge in [0.05, 0.1) is 0 Å². The number of hydrogen-bond donors (Lipinski definition) is 1. The van der Waals surface area contributed by atoms with Crippen molar-refractivity contribution in [3.63, 3.8) is 0 Å². The molecule has 2 aliphatic rings. The Kier molecular flexibility index (Phi) is 7.99. The summed E-state index contributed by atoms with van der Waals surface area (Å²) in [7, 11) is 0. The summed E-state index contributed by atoms with van der Waals surface area (Å²) >= 11 is 0. The van der Waals surface area contributed by atoms with E-state index in [0.29, 0.717) is 5.88 Å². The molecule has 0 unspecified atom stereocenters. The summed E-state index contributed by atoms with van der Waals surface area (Å²) in [6, 6.07) is 18.8. The third-order valence-electron chi connectivity index (χ3n) is 7.77. The number of nitrogens with one attached hydrogen (secondary N) is 1. The summed E-state index contributed by atoms with van der Waals surface area (Å²) in [6.07, 6.45) is 5.24. The fourth-order valence-corrected chi connectivity index (χ4v) is 5.27. The third-order valence-corrected chi connectivity index (χ3v) is 7.77. The first-order valence-electron chi connectivity index (χ1n) is 13.4. The highest BCUT2D eigenvalue weighted by atomic mass is 16.5. The molecule has 3 aromatic rings. The second kappa shape index (κ2) is 11.7. The lowest BCUT2D eigenvalue weighted by Crippen LogP contribution is -2.48. The summed E-state index contributed by atoms with van der Waals surface area (Å²) in [5.41, 5.74) is 3.64. The molecular weight excluding hydrogens is 462 g/mol. The lowest BCUT2D eigenvalue weighted by molar-refractivity contribution is -0.126. The quantitative estimate of drug-likeness (QED) is 0.500. The van der Waals surface area contributed by atoms with Gasteiger partial charge in [0.15, 0.2) is 0 Å². The van der Waals surface area contributed by atoms with Gasteiger partial charge in [0.2, 0.25) is 11.8 Å². The van der Waals surface area contributed by atoms with Gasteiger partial charge in [0.25, 0.3) is 0 Å². The minimum atomic E-state index is 0.0612. The molecule has 0 atom stereocenters. The van der Waals surface area contributed by atoms with E-state index in [1.54, 1.807) is 6.33 Å². The summed E-state index contributed by atoms with van der Waals surface area (Å²) < 4.78 is 6.06. The van der Waals surface area contributed by atoms with Crippen LogP contribution in [0.5, 0.6) is 11.6 Å². The number of carbonyl (C=O) groups excluding carboxylic acids is 1. The zero-order chi connectivity index (χ0) is 25.6. The smallest absolute Gasteiger partial charge is 0.224 e. The van der Waals surface area contributed by atoms with Crippen molar-refractivity contribution in [2.75, 3.05) is 31.1 Å². The number of rotatable bonds is 7. The van der Waals surface area contributed by atoms with Gasteiger partial charge in [0.1, 0.15) is 17.9 Å². The van der Waals surface area contributed by atoms with Crippen LogP contribution in [0.15, 0.2) is 60.9 Å². The Labute approximate surface area is 219 Å². The molecule has 2 saturated heterocycles. The van der Waals surface area contributed by atoms with E-state index in [-0.39, 0.29) is 17.9 Å². The number of amides is 1. The third kappa shape index (κ3) is 6.46. The summed E-state index contributed by atoms with van der Waals surface area (Å²) in [5, 5.41) is 3.34. The molecule has 2 fully saturated rings. The largest absolute Gasteiger partial charge is 0.439 e. The molecule has 2 aliphatic heterocycles. The summed E-state index contributed by atoms with van der Waals surface area (Å²) in [4.78, 5) is 26.5. The Balaban J connectivity index is 1.08. The van der Waals surface area contributed by atoms with Crippen LogP contribution >= 0.6 is 0 Å². The molecular formula is C30H37N5O2. The van der Waals surface area contributed by atoms with Gasteiger partial charge in [-0.3, -0.25) is 9.69 Å². The van der Waals surface area contributed by atoms with Crippen molar-refractivity contribution in [2.45, 2.75) is 52.1 Å². The average molecular weight is 500 g/mol. The van der Waals surface area contributed by atoms with Gasteiger partial charge in [-0.25, -0.2) is 9.97 Å². The minimum Gasteiger partial charge on any atom is -0.439 e. The van der Waals surface area contributed by atoms with Crippen LogP contribution in [0.25, 0.3) is 0 Å². The Morgan fingerprint density at radius 2 is 1.70 bits per heavy atom. The molecule has 194 valence electrons. The lowest BCUT2D eigenvalue weighted by Gasteiger charge is -2.35. The molecule has 1 N–H and O–H groups in total. The summed E-state index contributed by atoms with van der Waals surface area (Å²) in [5.74, 6) is 2.47. The van der Waals surface area contributed by atoms with Crippen LogP contribution in [0, 0.1) is 19.8 Å². The van der Waals surface area contributed by atoms with Crippen LogP contribution in [0.2, 0.25) is 0 Å². The van der Waals surface area contributed by atoms with Gasteiger partial charge in [-0.1, -0.05) is 42.5 Å². The Bertz CT molecular complexity index is 1190. The number of likely N-dealkylation sites (tertiary alicyclic amines) is 1. The first-order chi connectivity index (χ1) is 18.0. The predicted molar refractivity (Wildman–Crippen MR) is 146 cm³/mol. The maximum absolute atomic E-state index is 13.0. The molecule has 1 aromatic heterocycles. The molecule has 7 nitrogen and oxygen atoms in total. The molecule has 2 aromatic carbocycles. The SMILES string of the molecule is Cc1cccc(Oc2cc(N3CCC(C(=O)NC4CCN(Cc5ccccc5)CC4)CC3)ncn2)c1C. The van der Waals surface area contributed by atoms with Crippen molar-refractivity contribution in [3.8, 4) is 11.6 Å². The van der Waals surface area contributed by atoms with Crippen molar-refractivity contribution in [1.29, 1.82) is 0 Å². The number of carbonyl (C=O) groups is 1. The molecule has 0 bridgehead atoms. The van der Waals surface area contributed by atoms with Crippen molar-refractivity contribution >= 4 is 11.7 Å². The average Bonchev–Trinajstić information content (AvgIpc) is 2.93. The molecule has 7 heteroatoms. The van der Waals surface area contributed by atoms with E-state index in [4.69, 9.17) is 4.74 Å².